The van der Waals surface area contributed by atoms with Gasteiger partial charge in [0.1, 0.15) is 5.41 Å². The smallest absolute Gasteiger partial charge is 0.344 e. The van der Waals surface area contributed by atoms with Crippen molar-refractivity contribution >= 4 is 5.91 Å². The average Bonchev–Trinajstić information content (AvgIpc) is 2.75. The van der Waals surface area contributed by atoms with Crippen LogP contribution in [0.4, 0.5) is 13.3 Å². The molecule has 0 fully saturated rings. The van der Waals surface area contributed by atoms with Crippen LogP contribution in [-0.4, -0.2) is 28.3 Å². The van der Waals surface area contributed by atoms with E-state index >= 15 is 8.78 Å². The number of benzene rings is 3. The molecule has 3 aromatic carbocycles. The molecule has 1 N–H and O–H groups in total. The Morgan fingerprint density at radius 2 is 1.10 bits per heavy atom. The van der Waals surface area contributed by atoms with E-state index in [-0.39, 0.29) is 16.7 Å². The van der Waals surface area contributed by atoms with Crippen LogP contribution in [0.5, 0.6) is 0 Å². The summed E-state index contributed by atoms with van der Waals surface area (Å²) < 4.78 is 46.4. The minimum Gasteiger partial charge on any atom is -0.371 e. The van der Waals surface area contributed by atoms with Crippen molar-refractivity contribution in [3.05, 3.63) is 108 Å². The van der Waals surface area contributed by atoms with Crippen LogP contribution < -0.4 is 0 Å². The number of amides is 1. The van der Waals surface area contributed by atoms with Crippen LogP contribution in [0.15, 0.2) is 91.0 Å². The monoisotopic (exact) mass is 399 g/mol. The Labute approximate surface area is 167 Å². The first-order valence-electron chi connectivity index (χ1n) is 9.05. The molecule has 0 heterocycles. The Morgan fingerprint density at radius 3 is 1.38 bits per heavy atom. The fraction of sp³-hybridized carbons (Fsp3) is 0.174. The molecular weight excluding hydrogens is 379 g/mol. The number of hydrogen-bond acceptors (Lipinski definition) is 2. The van der Waals surface area contributed by atoms with Gasteiger partial charge >= 0.3 is 11.8 Å². The Balaban J connectivity index is 2.42. The maximum Gasteiger partial charge on any atom is 0.344 e. The van der Waals surface area contributed by atoms with E-state index in [9.17, 15) is 14.4 Å². The van der Waals surface area contributed by atoms with E-state index in [0.717, 1.165) is 6.92 Å². The van der Waals surface area contributed by atoms with E-state index in [1.165, 1.54) is 36.4 Å². The lowest BCUT2D eigenvalue weighted by molar-refractivity contribution is -0.200. The van der Waals surface area contributed by atoms with Crippen molar-refractivity contribution in [3.8, 4) is 0 Å². The first kappa shape index (κ1) is 20.6. The van der Waals surface area contributed by atoms with Crippen LogP contribution in [0.1, 0.15) is 23.6 Å². The lowest BCUT2D eigenvalue weighted by atomic mass is 9.65. The maximum atomic E-state index is 16.1. The summed E-state index contributed by atoms with van der Waals surface area (Å²) in [7, 11) is 0. The Hall–Kier alpha value is -3.12. The van der Waals surface area contributed by atoms with Crippen LogP contribution in [0.25, 0.3) is 0 Å². The Kier molecular flexibility index (Phi) is 5.75. The third kappa shape index (κ3) is 3.40. The molecule has 0 spiro atoms. The maximum absolute atomic E-state index is 16.1. The van der Waals surface area contributed by atoms with Gasteiger partial charge in [-0.05, 0) is 23.6 Å². The summed E-state index contributed by atoms with van der Waals surface area (Å²) in [6, 6.07) is 23.4. The molecule has 3 rings (SSSR count). The van der Waals surface area contributed by atoms with Crippen molar-refractivity contribution in [1.29, 1.82) is 0 Å². The number of aliphatic hydroxyl groups is 1. The minimum atomic E-state index is -4.26. The van der Waals surface area contributed by atoms with Gasteiger partial charge in [-0.2, -0.15) is 8.78 Å². The summed E-state index contributed by atoms with van der Waals surface area (Å²) >= 11 is 0. The van der Waals surface area contributed by atoms with Crippen molar-refractivity contribution in [3.63, 3.8) is 0 Å². The molecule has 29 heavy (non-hydrogen) atoms. The standard InChI is InChI=1S/C23H20F3NO2/c1-17(28)27(26)21(29)23(24,25)22(18-11-5-2-6-12-18,19-13-7-3-8-14-19)20-15-9-4-10-16-20/h2-17,28H,1H3. The van der Waals surface area contributed by atoms with Gasteiger partial charge in [-0.25, -0.2) is 0 Å². The molecule has 3 nitrogen and oxygen atoms in total. The number of aliphatic hydroxyl groups excluding tert-OH is 1. The van der Waals surface area contributed by atoms with Crippen LogP contribution in [0.2, 0.25) is 0 Å². The van der Waals surface area contributed by atoms with Crippen molar-refractivity contribution in [1.82, 2.24) is 5.12 Å². The summed E-state index contributed by atoms with van der Waals surface area (Å²) in [5.41, 5.74) is -1.95. The number of nitrogens with zero attached hydrogens (tertiary/aromatic N) is 1. The van der Waals surface area contributed by atoms with E-state index in [4.69, 9.17) is 0 Å². The van der Waals surface area contributed by atoms with Gasteiger partial charge in [0, 0.05) is 0 Å². The second-order valence-electron chi connectivity index (χ2n) is 6.67. The second-order valence-corrected chi connectivity index (χ2v) is 6.67. The average molecular weight is 399 g/mol. The highest BCUT2D eigenvalue weighted by Crippen LogP contribution is 2.51. The third-order valence-corrected chi connectivity index (χ3v) is 4.88. The molecular formula is C23H20F3NO2. The zero-order valence-corrected chi connectivity index (χ0v) is 15.7. The fourth-order valence-corrected chi connectivity index (χ4v) is 3.57. The summed E-state index contributed by atoms with van der Waals surface area (Å²) in [5.74, 6) is -6.38. The molecule has 3 aromatic rings. The van der Waals surface area contributed by atoms with Crippen molar-refractivity contribution in [2.45, 2.75) is 24.5 Å². The topological polar surface area (TPSA) is 40.5 Å². The van der Waals surface area contributed by atoms with Gasteiger partial charge in [-0.3, -0.25) is 4.79 Å². The van der Waals surface area contributed by atoms with Gasteiger partial charge in [0.2, 0.25) is 0 Å². The summed E-state index contributed by atoms with van der Waals surface area (Å²) in [6.45, 7) is 0.906. The highest BCUT2D eigenvalue weighted by Gasteiger charge is 2.63. The molecule has 0 bridgehead atoms. The van der Waals surface area contributed by atoms with E-state index in [2.05, 4.69) is 0 Å². The molecule has 1 atom stereocenters. The van der Waals surface area contributed by atoms with E-state index in [1.807, 2.05) is 0 Å². The van der Waals surface area contributed by atoms with Gasteiger partial charge in [-0.1, -0.05) is 95.5 Å². The highest BCUT2D eigenvalue weighted by molar-refractivity contribution is 5.87. The van der Waals surface area contributed by atoms with E-state index < -0.39 is 28.6 Å². The van der Waals surface area contributed by atoms with Crippen molar-refractivity contribution < 1.29 is 23.2 Å². The quantitative estimate of drug-likeness (QED) is 0.371. The largest absolute Gasteiger partial charge is 0.371 e. The molecule has 0 aromatic heterocycles. The molecule has 0 saturated carbocycles. The van der Waals surface area contributed by atoms with Gasteiger partial charge in [0.15, 0.2) is 6.23 Å². The van der Waals surface area contributed by atoms with Crippen molar-refractivity contribution in [2.24, 2.45) is 0 Å². The van der Waals surface area contributed by atoms with Crippen molar-refractivity contribution in [2.75, 3.05) is 0 Å². The fourth-order valence-electron chi connectivity index (χ4n) is 3.57. The third-order valence-electron chi connectivity index (χ3n) is 4.88. The van der Waals surface area contributed by atoms with E-state index in [0.29, 0.717) is 0 Å². The SMILES string of the molecule is CC(O)N(F)C(=O)C(F)(F)C(c1ccccc1)(c1ccccc1)c1ccccc1. The predicted octanol–water partition coefficient (Wildman–Crippen LogP) is 4.71. The lowest BCUT2D eigenvalue weighted by Gasteiger charge is -2.41. The van der Waals surface area contributed by atoms with Crippen LogP contribution in [0.3, 0.4) is 0 Å². The van der Waals surface area contributed by atoms with E-state index in [1.54, 1.807) is 54.6 Å². The summed E-state index contributed by atoms with van der Waals surface area (Å²) in [5, 5.41) is 8.60. The summed E-state index contributed by atoms with van der Waals surface area (Å²) in [6.07, 6.45) is -2.02. The lowest BCUT2D eigenvalue weighted by Crippen LogP contribution is -2.57. The number of halogens is 3. The molecule has 0 saturated heterocycles. The highest BCUT2D eigenvalue weighted by atomic mass is 19.3. The normalized spacial score (nSPS) is 13.0. The molecule has 1 unspecified atom stereocenters. The van der Waals surface area contributed by atoms with Crippen LogP contribution in [0, 0.1) is 0 Å². The number of alkyl halides is 2. The van der Waals surface area contributed by atoms with Gasteiger partial charge < -0.3 is 5.11 Å². The molecule has 0 aliphatic carbocycles. The first-order chi connectivity index (χ1) is 13.8. The molecule has 0 radical (unpaired) electrons. The molecule has 1 amide bonds. The second kappa shape index (κ2) is 8.09. The Bertz CT molecular complexity index is 851. The van der Waals surface area contributed by atoms with Crippen LogP contribution in [-0.2, 0) is 10.2 Å². The predicted molar refractivity (Wildman–Crippen MR) is 104 cm³/mol. The molecule has 0 aliphatic heterocycles. The number of carbonyl (C=O) groups excluding carboxylic acids is 1. The van der Waals surface area contributed by atoms with Gasteiger partial charge in [0.05, 0.1) is 0 Å². The number of rotatable bonds is 6. The molecule has 0 aliphatic rings. The van der Waals surface area contributed by atoms with Gasteiger partial charge in [-0.15, -0.1) is 5.12 Å². The summed E-state index contributed by atoms with van der Waals surface area (Å²) in [4.78, 5) is 12.6. The zero-order valence-electron chi connectivity index (χ0n) is 15.7. The molecule has 6 heteroatoms. The van der Waals surface area contributed by atoms with Crippen LogP contribution >= 0.6 is 0 Å². The Morgan fingerprint density at radius 1 is 0.793 bits per heavy atom. The number of carbonyl (C=O) groups is 1. The number of hydrogen-bond donors (Lipinski definition) is 1. The van der Waals surface area contributed by atoms with Gasteiger partial charge in [0.25, 0.3) is 0 Å². The molecule has 150 valence electrons. The minimum absolute atomic E-state index is 0.120. The zero-order chi connectivity index (χ0) is 21.1. The first-order valence-corrected chi connectivity index (χ1v) is 9.05.